The van der Waals surface area contributed by atoms with Crippen molar-refractivity contribution < 1.29 is 37.4 Å². The molecule has 0 saturated carbocycles. The third-order valence-electron chi connectivity index (χ3n) is 10.2. The number of nitrogens with zero attached hydrogens (tertiary/aromatic N) is 2. The van der Waals surface area contributed by atoms with Crippen LogP contribution in [-0.2, 0) is 31.5 Å². The van der Waals surface area contributed by atoms with Gasteiger partial charge in [-0.1, -0.05) is 72.1 Å². The van der Waals surface area contributed by atoms with Crippen molar-refractivity contribution in [3.63, 3.8) is 0 Å². The van der Waals surface area contributed by atoms with Gasteiger partial charge in [-0.2, -0.15) is 4.31 Å². The number of likely N-dealkylation sites (N-methyl/N-ethyl adjacent to an activating group) is 1. The molecule has 0 bridgehead atoms. The van der Waals surface area contributed by atoms with Crippen LogP contribution in [0.2, 0.25) is 0 Å². The Morgan fingerprint density at radius 3 is 2.26 bits per heavy atom. The number of ether oxygens (including phenoxy) is 2. The fourth-order valence-electron chi connectivity index (χ4n) is 6.34. The molecule has 15 heteroatoms. The fourth-order valence-corrected chi connectivity index (χ4v) is 7.16. The minimum absolute atomic E-state index is 0.0617. The quantitative estimate of drug-likeness (QED) is 0.121. The first kappa shape index (κ1) is 43.9. The van der Waals surface area contributed by atoms with Gasteiger partial charge in [0.2, 0.25) is 30.9 Å². The van der Waals surface area contributed by atoms with Crippen molar-refractivity contribution in [3.05, 3.63) is 23.8 Å². The lowest BCUT2D eigenvalue weighted by atomic mass is 9.85. The molecule has 12 nitrogen and oxygen atoms in total. The van der Waals surface area contributed by atoms with Gasteiger partial charge >= 0.3 is 6.03 Å². The predicted octanol–water partition coefficient (Wildman–Crippen LogP) is 3.87. The Hall–Kier alpha value is -3.46. The molecule has 2 unspecified atom stereocenters. The number of thiol groups is 1. The zero-order valence-electron chi connectivity index (χ0n) is 33.3. The molecule has 1 aromatic carbocycles. The van der Waals surface area contributed by atoms with Crippen LogP contribution in [0.3, 0.4) is 0 Å². The van der Waals surface area contributed by atoms with Gasteiger partial charge in [-0.15, -0.1) is 0 Å². The number of urea groups is 1. The van der Waals surface area contributed by atoms with E-state index in [0.29, 0.717) is 24.5 Å². The smallest absolute Gasteiger partial charge is 0.315 e. The molecule has 1 aromatic rings. The van der Waals surface area contributed by atoms with E-state index in [1.807, 2.05) is 75.4 Å². The summed E-state index contributed by atoms with van der Waals surface area (Å²) in [6.07, 6.45) is -0.918. The van der Waals surface area contributed by atoms with Crippen LogP contribution in [0, 0.1) is 22.7 Å². The van der Waals surface area contributed by atoms with E-state index in [0.717, 1.165) is 5.56 Å². The maximum atomic E-state index is 14.4. The largest absolute Gasteiger partial charge is 0.454 e. The first-order valence-electron chi connectivity index (χ1n) is 18.5. The minimum atomic E-state index is -2.86. The van der Waals surface area contributed by atoms with Gasteiger partial charge in [0, 0.05) is 26.6 Å². The van der Waals surface area contributed by atoms with Crippen LogP contribution in [0.1, 0.15) is 80.7 Å². The van der Waals surface area contributed by atoms with Gasteiger partial charge in [-0.25, -0.2) is 13.6 Å². The van der Waals surface area contributed by atoms with E-state index in [1.165, 1.54) is 4.90 Å². The topological polar surface area (TPSA) is 141 Å². The highest BCUT2D eigenvalue weighted by Gasteiger charge is 2.46. The summed E-state index contributed by atoms with van der Waals surface area (Å²) in [7, 11) is 1.54. The predicted molar refractivity (Wildman–Crippen MR) is 207 cm³/mol. The van der Waals surface area contributed by atoms with Crippen LogP contribution in [0.5, 0.6) is 11.5 Å². The first-order valence-corrected chi connectivity index (χ1v) is 20.3. The molecule has 2 heterocycles. The summed E-state index contributed by atoms with van der Waals surface area (Å²) in [5.74, 6) is -0.612. The molecule has 300 valence electrons. The van der Waals surface area contributed by atoms with E-state index in [2.05, 4.69) is 37.2 Å². The number of alkyl halides is 2. The Bertz CT molecular complexity index is 1480. The molecule has 2 aliphatic heterocycles. The normalized spacial score (nSPS) is 19.7. The molecule has 0 aliphatic carbocycles. The Kier molecular flexibility index (Phi) is 15.5. The minimum Gasteiger partial charge on any atom is -0.454 e. The van der Waals surface area contributed by atoms with Crippen LogP contribution in [-0.4, -0.2) is 109 Å². The molecular weight excluding hydrogens is 707 g/mol. The maximum absolute atomic E-state index is 14.4. The van der Waals surface area contributed by atoms with Crippen molar-refractivity contribution in [1.29, 1.82) is 0 Å². The number of amides is 5. The average molecular weight is 770 g/mol. The standard InChI is InChI=1S/C38H62F2N6O6S/c1-12-53(11)45(10)21-30(37(4,5)6)43-36(50)44-32(38(7,8)9)35(49)46-20-25(23(2)3)18-27(46)34(48)42-26(19-31(39)40)33(47)41-16-15-24-13-14-28-29(17-24)52-22-51-28/h12-14,17,23,25-27,30-32H,15-16,18-22H2,1-11H3,(H,41,47)(H,42,48)(H2,43,44,50)/p+1/t25?,26-,27-,30+,32+,53?/m0/s1. The molecule has 0 radical (unpaired) electrons. The van der Waals surface area contributed by atoms with E-state index >= 15 is 0 Å². The summed E-state index contributed by atoms with van der Waals surface area (Å²) >= 11 is 0. The highest BCUT2D eigenvalue weighted by molar-refractivity contribution is 7.92. The second kappa shape index (κ2) is 18.7. The van der Waals surface area contributed by atoms with Crippen molar-refractivity contribution in [2.75, 3.05) is 39.7 Å². The summed E-state index contributed by atoms with van der Waals surface area (Å²) in [4.78, 5) is 56.6. The second-order valence-corrected chi connectivity index (χ2v) is 19.0. The Labute approximate surface area is 316 Å². The van der Waals surface area contributed by atoms with Crippen molar-refractivity contribution in [3.8, 4) is 11.5 Å². The number of hydrogen-bond donors (Lipinski definition) is 4. The molecular formula is C38H63F2N6O6S+. The van der Waals surface area contributed by atoms with Crippen LogP contribution < -0.4 is 30.7 Å². The number of fused-ring (bicyclic) bond motifs is 1. The van der Waals surface area contributed by atoms with E-state index < -0.39 is 70.8 Å². The Morgan fingerprint density at radius 1 is 1.02 bits per heavy atom. The van der Waals surface area contributed by atoms with Crippen molar-refractivity contribution in [2.45, 2.75) is 112 Å². The van der Waals surface area contributed by atoms with Gasteiger partial charge in [0.15, 0.2) is 11.5 Å². The summed E-state index contributed by atoms with van der Waals surface area (Å²) < 4.78 is 40.4. The molecule has 4 N–H and O–H groups in total. The number of nitrogens with one attached hydrogen (secondary N) is 4. The maximum Gasteiger partial charge on any atom is 0.315 e. The first-order chi connectivity index (χ1) is 24.6. The summed E-state index contributed by atoms with van der Waals surface area (Å²) in [5, 5.41) is 13.4. The molecule has 6 atom stereocenters. The number of hydrogen-bond acceptors (Lipinski definition) is 7. The number of likely N-dealkylation sites (tertiary alicyclic amines) is 1. The SMILES string of the molecule is CC=[SH+](C)N(C)C[C@@H](NC(=O)N[C@H](C(=O)N1CC(C(C)C)C[C@H]1C(=O)N[C@@H](CC(F)F)C(=O)NCCc1ccc2c(c1)OCO2)C(C)(C)C)C(C)(C)C. The fraction of sp³-hybridized carbons (Fsp3) is 0.711. The van der Waals surface area contributed by atoms with E-state index in [4.69, 9.17) is 9.47 Å². The lowest BCUT2D eigenvalue weighted by molar-refractivity contribution is -0.142. The van der Waals surface area contributed by atoms with Gasteiger partial charge < -0.3 is 35.6 Å². The molecule has 0 spiro atoms. The molecule has 53 heavy (non-hydrogen) atoms. The van der Waals surface area contributed by atoms with Gasteiger partial charge in [0.1, 0.15) is 18.1 Å². The third-order valence-corrected chi connectivity index (χ3v) is 12.1. The number of benzene rings is 1. The highest BCUT2D eigenvalue weighted by atomic mass is 32.2. The number of halogens is 2. The van der Waals surface area contributed by atoms with E-state index in [-0.39, 0.29) is 49.6 Å². The van der Waals surface area contributed by atoms with Gasteiger partial charge in [-0.05, 0) is 60.1 Å². The molecule has 0 aromatic heterocycles. The monoisotopic (exact) mass is 769 g/mol. The molecule has 5 amide bonds. The zero-order valence-corrected chi connectivity index (χ0v) is 34.2. The van der Waals surface area contributed by atoms with Crippen LogP contribution in [0.25, 0.3) is 0 Å². The summed E-state index contributed by atoms with van der Waals surface area (Å²) in [6.45, 7) is 18.8. The van der Waals surface area contributed by atoms with Crippen LogP contribution in [0.15, 0.2) is 18.2 Å². The third kappa shape index (κ3) is 12.5. The highest BCUT2D eigenvalue weighted by Crippen LogP contribution is 2.34. The van der Waals surface area contributed by atoms with Crippen molar-refractivity contribution in [1.82, 2.24) is 30.5 Å². The Balaban J connectivity index is 1.76. The number of rotatable bonds is 15. The number of carbonyl (C=O) groups is 4. The zero-order chi connectivity index (χ0) is 39.8. The number of carbonyl (C=O) groups excluding carboxylic acids is 4. The lowest BCUT2D eigenvalue weighted by Crippen LogP contribution is -2.61. The van der Waals surface area contributed by atoms with Gasteiger partial charge in [0.05, 0.1) is 24.2 Å². The molecule has 3 rings (SSSR count). The van der Waals surface area contributed by atoms with E-state index in [1.54, 1.807) is 12.1 Å². The van der Waals surface area contributed by atoms with Gasteiger partial charge in [-0.3, -0.25) is 14.4 Å². The van der Waals surface area contributed by atoms with Crippen molar-refractivity contribution >= 4 is 39.8 Å². The van der Waals surface area contributed by atoms with Gasteiger partial charge in [0.25, 0.3) is 0 Å². The average Bonchev–Trinajstić information content (AvgIpc) is 3.72. The van der Waals surface area contributed by atoms with Crippen molar-refractivity contribution in [2.24, 2.45) is 22.7 Å². The lowest BCUT2D eigenvalue weighted by Gasteiger charge is -2.37. The summed E-state index contributed by atoms with van der Waals surface area (Å²) in [6, 6.07) is 1.11. The molecule has 1 fully saturated rings. The molecule has 1 saturated heterocycles. The van der Waals surface area contributed by atoms with Crippen LogP contribution in [0.4, 0.5) is 13.6 Å². The second-order valence-electron chi connectivity index (χ2n) is 16.7. The molecule has 2 aliphatic rings. The Morgan fingerprint density at radius 2 is 1.68 bits per heavy atom. The summed E-state index contributed by atoms with van der Waals surface area (Å²) in [5.41, 5.74) is -0.178. The van der Waals surface area contributed by atoms with Crippen LogP contribution >= 0.6 is 0 Å². The van der Waals surface area contributed by atoms with E-state index in [9.17, 15) is 28.0 Å².